The minimum atomic E-state index is -0.414. The van der Waals surface area contributed by atoms with Gasteiger partial charge in [-0.25, -0.2) is 4.39 Å². The summed E-state index contributed by atoms with van der Waals surface area (Å²) in [7, 11) is 0. The summed E-state index contributed by atoms with van der Waals surface area (Å²) in [5.74, 6) is -0.110. The van der Waals surface area contributed by atoms with E-state index < -0.39 is 5.82 Å². The number of hydrogen-bond acceptors (Lipinski definition) is 4. The SMILES string of the molecule is C=C1SC(=S)N(c2ccc(OCc3c(F)cccc3Cl)cc2)C1=O. The van der Waals surface area contributed by atoms with Crippen LogP contribution in [0.5, 0.6) is 5.75 Å². The summed E-state index contributed by atoms with van der Waals surface area (Å²) < 4.78 is 19.7. The fourth-order valence-corrected chi connectivity index (χ4v) is 3.52. The van der Waals surface area contributed by atoms with Crippen LogP contribution >= 0.6 is 35.6 Å². The van der Waals surface area contributed by atoms with Crippen molar-refractivity contribution in [2.24, 2.45) is 0 Å². The standard InChI is InChI=1S/C17H11ClFNO2S2/c1-10-16(21)20(17(23)24-10)11-5-7-12(8-6-11)22-9-13-14(18)3-2-4-15(13)19/h2-8H,1,9H2. The van der Waals surface area contributed by atoms with Gasteiger partial charge >= 0.3 is 0 Å². The number of carbonyl (C=O) groups is 1. The third kappa shape index (κ3) is 3.31. The van der Waals surface area contributed by atoms with Crippen LogP contribution in [0, 0.1) is 5.82 Å². The average Bonchev–Trinajstić information content (AvgIpc) is 2.80. The molecule has 1 fully saturated rings. The molecule has 3 rings (SSSR count). The lowest BCUT2D eigenvalue weighted by molar-refractivity contribution is -0.113. The summed E-state index contributed by atoms with van der Waals surface area (Å²) in [4.78, 5) is 13.8. The van der Waals surface area contributed by atoms with E-state index in [-0.39, 0.29) is 12.5 Å². The summed E-state index contributed by atoms with van der Waals surface area (Å²) >= 11 is 12.3. The third-order valence-electron chi connectivity index (χ3n) is 3.37. The smallest absolute Gasteiger partial charge is 0.270 e. The highest BCUT2D eigenvalue weighted by Crippen LogP contribution is 2.34. The number of anilines is 1. The van der Waals surface area contributed by atoms with E-state index in [4.69, 9.17) is 28.6 Å². The number of thioether (sulfide) groups is 1. The van der Waals surface area contributed by atoms with Gasteiger partial charge in [-0.3, -0.25) is 9.69 Å². The van der Waals surface area contributed by atoms with Gasteiger partial charge in [-0.15, -0.1) is 0 Å². The second kappa shape index (κ2) is 6.93. The van der Waals surface area contributed by atoms with Gasteiger partial charge < -0.3 is 4.74 Å². The Morgan fingerprint density at radius 2 is 1.96 bits per heavy atom. The Labute approximate surface area is 153 Å². The molecule has 3 nitrogen and oxygen atoms in total. The Kier molecular flexibility index (Phi) is 4.89. The second-order valence-electron chi connectivity index (χ2n) is 4.91. The third-order valence-corrected chi connectivity index (χ3v) is 4.94. The van der Waals surface area contributed by atoms with E-state index in [0.29, 0.717) is 31.2 Å². The first-order valence-corrected chi connectivity index (χ1v) is 8.48. The quantitative estimate of drug-likeness (QED) is 0.556. The lowest BCUT2D eigenvalue weighted by Gasteiger charge is -2.15. The van der Waals surface area contributed by atoms with Gasteiger partial charge in [0.1, 0.15) is 18.2 Å². The molecule has 0 atom stereocenters. The van der Waals surface area contributed by atoms with Gasteiger partial charge in [-0.2, -0.15) is 0 Å². The fraction of sp³-hybridized carbons (Fsp3) is 0.0588. The number of halogens is 2. The minimum absolute atomic E-state index is 0.0125. The molecule has 2 aromatic rings. The molecule has 0 saturated carbocycles. The highest BCUT2D eigenvalue weighted by atomic mass is 35.5. The van der Waals surface area contributed by atoms with Crippen LogP contribution in [0.3, 0.4) is 0 Å². The van der Waals surface area contributed by atoms with Crippen LogP contribution in [0.25, 0.3) is 0 Å². The van der Waals surface area contributed by atoms with E-state index in [9.17, 15) is 9.18 Å². The maximum absolute atomic E-state index is 13.7. The maximum Gasteiger partial charge on any atom is 0.270 e. The van der Waals surface area contributed by atoms with E-state index in [1.807, 2.05) is 0 Å². The number of carbonyl (C=O) groups excluding carboxylic acids is 1. The summed E-state index contributed by atoms with van der Waals surface area (Å²) in [5, 5.41) is 0.315. The summed E-state index contributed by atoms with van der Waals surface area (Å²) in [5.41, 5.74) is 0.930. The van der Waals surface area contributed by atoms with Crippen molar-refractivity contribution in [1.29, 1.82) is 0 Å². The predicted octanol–water partition coefficient (Wildman–Crippen LogP) is 4.94. The van der Waals surface area contributed by atoms with Gasteiger partial charge in [0.05, 0.1) is 15.6 Å². The van der Waals surface area contributed by atoms with Crippen molar-refractivity contribution in [2.75, 3.05) is 4.90 Å². The molecule has 1 aliphatic heterocycles. The Morgan fingerprint density at radius 1 is 1.25 bits per heavy atom. The van der Waals surface area contributed by atoms with Crippen LogP contribution in [0.4, 0.5) is 10.1 Å². The topological polar surface area (TPSA) is 29.5 Å². The molecule has 1 saturated heterocycles. The summed E-state index contributed by atoms with van der Waals surface area (Å²) in [6.45, 7) is 3.68. The number of rotatable bonds is 4. The highest BCUT2D eigenvalue weighted by molar-refractivity contribution is 8.27. The van der Waals surface area contributed by atoms with E-state index >= 15 is 0 Å². The molecular weight excluding hydrogens is 369 g/mol. The van der Waals surface area contributed by atoms with Gasteiger partial charge in [-0.1, -0.05) is 48.2 Å². The van der Waals surface area contributed by atoms with Crippen molar-refractivity contribution < 1.29 is 13.9 Å². The predicted molar refractivity (Wildman–Crippen MR) is 99.0 cm³/mol. The summed E-state index contributed by atoms with van der Waals surface area (Å²) in [6, 6.07) is 11.3. The first-order chi connectivity index (χ1) is 11.5. The number of thiocarbonyl (C=S) groups is 1. The Morgan fingerprint density at radius 3 is 2.54 bits per heavy atom. The van der Waals surface area contributed by atoms with Crippen molar-refractivity contribution in [2.45, 2.75) is 6.61 Å². The van der Waals surface area contributed by atoms with Crippen LogP contribution in [-0.2, 0) is 11.4 Å². The number of hydrogen-bond donors (Lipinski definition) is 0. The number of amides is 1. The van der Waals surface area contributed by atoms with Crippen LogP contribution in [0.1, 0.15) is 5.56 Å². The van der Waals surface area contributed by atoms with Crippen molar-refractivity contribution in [3.8, 4) is 5.75 Å². The van der Waals surface area contributed by atoms with E-state index in [0.717, 1.165) is 0 Å². The zero-order valence-corrected chi connectivity index (χ0v) is 14.7. The van der Waals surface area contributed by atoms with Crippen molar-refractivity contribution in [3.63, 3.8) is 0 Å². The van der Waals surface area contributed by atoms with Crippen LogP contribution in [0.15, 0.2) is 53.9 Å². The molecule has 2 aromatic carbocycles. The van der Waals surface area contributed by atoms with Gasteiger partial charge in [-0.05, 0) is 36.4 Å². The molecule has 1 heterocycles. The minimum Gasteiger partial charge on any atom is -0.489 e. The van der Waals surface area contributed by atoms with E-state index in [2.05, 4.69) is 6.58 Å². The second-order valence-corrected chi connectivity index (χ2v) is 7.05. The molecule has 0 aromatic heterocycles. The Hall–Kier alpha value is -1.89. The van der Waals surface area contributed by atoms with Crippen molar-refractivity contribution in [3.05, 3.63) is 70.4 Å². The molecule has 1 amide bonds. The monoisotopic (exact) mass is 379 g/mol. The van der Waals surface area contributed by atoms with Gasteiger partial charge in [0, 0.05) is 5.56 Å². The van der Waals surface area contributed by atoms with E-state index in [1.54, 1.807) is 30.3 Å². The Balaban J connectivity index is 1.73. The van der Waals surface area contributed by atoms with Gasteiger partial charge in [0.25, 0.3) is 5.91 Å². The normalized spacial score (nSPS) is 14.4. The molecule has 0 bridgehead atoms. The fourth-order valence-electron chi connectivity index (χ4n) is 2.14. The maximum atomic E-state index is 13.7. The van der Waals surface area contributed by atoms with Crippen molar-refractivity contribution >= 4 is 51.5 Å². The lowest BCUT2D eigenvalue weighted by atomic mass is 10.2. The first-order valence-electron chi connectivity index (χ1n) is 6.88. The number of nitrogens with zero attached hydrogens (tertiary/aromatic N) is 1. The molecule has 0 N–H and O–H groups in total. The van der Waals surface area contributed by atoms with Crippen LogP contribution in [0.2, 0.25) is 5.02 Å². The van der Waals surface area contributed by atoms with Gasteiger partial charge in [0.15, 0.2) is 4.32 Å². The zero-order chi connectivity index (χ0) is 17.3. The molecule has 0 aliphatic carbocycles. The van der Waals surface area contributed by atoms with Crippen LogP contribution in [-0.4, -0.2) is 10.2 Å². The van der Waals surface area contributed by atoms with Gasteiger partial charge in [0.2, 0.25) is 0 Å². The van der Waals surface area contributed by atoms with Crippen LogP contribution < -0.4 is 9.64 Å². The number of benzene rings is 2. The molecular formula is C17H11ClFNO2S2. The zero-order valence-electron chi connectivity index (χ0n) is 12.3. The number of ether oxygens (including phenoxy) is 1. The molecule has 122 valence electrons. The molecule has 7 heteroatoms. The lowest BCUT2D eigenvalue weighted by Crippen LogP contribution is -2.27. The summed E-state index contributed by atoms with van der Waals surface area (Å²) in [6.07, 6.45) is 0. The molecule has 0 unspecified atom stereocenters. The highest BCUT2D eigenvalue weighted by Gasteiger charge is 2.31. The molecule has 0 spiro atoms. The molecule has 24 heavy (non-hydrogen) atoms. The van der Waals surface area contributed by atoms with Crippen molar-refractivity contribution in [1.82, 2.24) is 0 Å². The first kappa shape index (κ1) is 17.0. The van der Waals surface area contributed by atoms with E-state index in [1.165, 1.54) is 28.8 Å². The Bertz CT molecular complexity index is 819. The molecule has 0 radical (unpaired) electrons. The molecule has 1 aliphatic rings. The largest absolute Gasteiger partial charge is 0.489 e. The average molecular weight is 380 g/mol.